The number of hydrogen-bond donors (Lipinski definition) is 0. The van der Waals surface area contributed by atoms with Crippen LogP contribution >= 0.6 is 12.2 Å². The van der Waals surface area contributed by atoms with Gasteiger partial charge in [0.15, 0.2) is 10.6 Å². The highest BCUT2D eigenvalue weighted by Crippen LogP contribution is 2.39. The van der Waals surface area contributed by atoms with Gasteiger partial charge in [-0.05, 0) is 80.8 Å². The smallest absolute Gasteiger partial charge is 0.231 e. The number of rotatable bonds is 6. The molecular weight excluding hydrogens is 470 g/mol. The summed E-state index contributed by atoms with van der Waals surface area (Å²) in [6, 6.07) is 13.0. The van der Waals surface area contributed by atoms with Crippen LogP contribution in [0.4, 0.5) is 8.78 Å². The second-order valence-corrected chi connectivity index (χ2v) is 9.57. The van der Waals surface area contributed by atoms with E-state index in [1.54, 1.807) is 28.9 Å². The molecule has 1 atom stereocenters. The number of halogens is 2. The molecule has 4 aromatic rings. The summed E-state index contributed by atoms with van der Waals surface area (Å²) in [5, 5.41) is 8.85. The first-order chi connectivity index (χ1) is 17.1. The lowest BCUT2D eigenvalue weighted by molar-refractivity contribution is 0.143. The molecule has 35 heavy (non-hydrogen) atoms. The van der Waals surface area contributed by atoms with E-state index in [9.17, 15) is 8.78 Å². The Kier molecular flexibility index (Phi) is 5.77. The Morgan fingerprint density at radius 2 is 1.83 bits per heavy atom. The molecule has 2 aromatic heterocycles. The Morgan fingerprint density at radius 3 is 2.60 bits per heavy atom. The predicted molar refractivity (Wildman–Crippen MR) is 128 cm³/mol. The van der Waals surface area contributed by atoms with Crippen LogP contribution in [0.1, 0.15) is 43.5 Å². The minimum absolute atomic E-state index is 0.0798. The lowest BCUT2D eigenvalue weighted by Gasteiger charge is -2.30. The third-order valence-corrected chi connectivity index (χ3v) is 7.04. The number of likely N-dealkylation sites (tertiary alicyclic amines) is 1. The maximum absolute atomic E-state index is 14.6. The van der Waals surface area contributed by atoms with Gasteiger partial charge in [-0.25, -0.2) is 13.5 Å². The van der Waals surface area contributed by atoms with Crippen molar-refractivity contribution >= 4 is 12.2 Å². The van der Waals surface area contributed by atoms with Gasteiger partial charge in [0, 0.05) is 18.2 Å². The first-order valence-electron chi connectivity index (χ1n) is 11.8. The molecule has 2 fully saturated rings. The van der Waals surface area contributed by atoms with Crippen LogP contribution in [0.5, 0.6) is 0 Å². The molecule has 180 valence electrons. The molecular formula is C25H24F2N6OS. The first-order valence-corrected chi connectivity index (χ1v) is 12.2. The van der Waals surface area contributed by atoms with Gasteiger partial charge in [-0.15, -0.1) is 0 Å². The van der Waals surface area contributed by atoms with E-state index in [0.29, 0.717) is 40.1 Å². The van der Waals surface area contributed by atoms with Gasteiger partial charge in [0.25, 0.3) is 0 Å². The van der Waals surface area contributed by atoms with Crippen LogP contribution in [0.15, 0.2) is 53.1 Å². The number of nitrogens with zero attached hydrogens (tertiary/aromatic N) is 6. The van der Waals surface area contributed by atoms with Crippen molar-refractivity contribution in [2.75, 3.05) is 13.1 Å². The molecule has 2 aliphatic rings. The number of hydrogen-bond acceptors (Lipinski definition) is 6. The van der Waals surface area contributed by atoms with Crippen LogP contribution in [0.3, 0.4) is 0 Å². The normalized spacial score (nSPS) is 18.7. The van der Waals surface area contributed by atoms with Crippen LogP contribution < -0.4 is 0 Å². The van der Waals surface area contributed by atoms with E-state index in [2.05, 4.69) is 15.0 Å². The minimum Gasteiger partial charge on any atom is -0.339 e. The summed E-state index contributed by atoms with van der Waals surface area (Å²) < 4.78 is 37.8. The monoisotopic (exact) mass is 494 g/mol. The zero-order valence-electron chi connectivity index (χ0n) is 19.0. The van der Waals surface area contributed by atoms with E-state index >= 15 is 0 Å². The largest absolute Gasteiger partial charge is 0.339 e. The van der Waals surface area contributed by atoms with Gasteiger partial charge in [0.1, 0.15) is 11.6 Å². The molecule has 0 spiro atoms. The van der Waals surface area contributed by atoms with Crippen molar-refractivity contribution in [3.63, 3.8) is 0 Å². The van der Waals surface area contributed by atoms with E-state index in [1.165, 1.54) is 18.2 Å². The third kappa shape index (κ3) is 4.43. The molecule has 2 aromatic carbocycles. The molecule has 6 rings (SSSR count). The third-order valence-electron chi connectivity index (χ3n) is 6.63. The van der Waals surface area contributed by atoms with Crippen molar-refractivity contribution in [3.8, 4) is 22.8 Å². The fourth-order valence-corrected chi connectivity index (χ4v) is 5.03. The second-order valence-electron chi connectivity index (χ2n) is 9.21. The quantitative estimate of drug-likeness (QED) is 0.326. The van der Waals surface area contributed by atoms with Gasteiger partial charge >= 0.3 is 0 Å². The van der Waals surface area contributed by atoms with Crippen molar-refractivity contribution in [3.05, 3.63) is 70.8 Å². The second kappa shape index (κ2) is 9.09. The standard InChI is InChI=1S/C25H24F2N6OS/c26-18-9-7-16(8-10-18)22-28-24(34-30-22)17-4-3-13-31(14-17)15-32-25(35)33(19-11-12-19)23(29-32)20-5-1-2-6-21(20)27/h1-2,5-10,17,19H,3-4,11-15H2. The van der Waals surface area contributed by atoms with Crippen LogP contribution in [-0.4, -0.2) is 42.5 Å². The fraction of sp³-hybridized carbons (Fsp3) is 0.360. The molecule has 1 unspecified atom stereocenters. The maximum atomic E-state index is 14.6. The molecule has 1 saturated heterocycles. The molecule has 0 amide bonds. The Balaban J connectivity index is 1.22. The van der Waals surface area contributed by atoms with Gasteiger partial charge in [0.05, 0.1) is 18.2 Å². The predicted octanol–water partition coefficient (Wildman–Crippen LogP) is 5.58. The summed E-state index contributed by atoms with van der Waals surface area (Å²) in [6.45, 7) is 2.12. The summed E-state index contributed by atoms with van der Waals surface area (Å²) in [5.74, 6) is 1.10. The summed E-state index contributed by atoms with van der Waals surface area (Å²) in [5.41, 5.74) is 1.19. The topological polar surface area (TPSA) is 64.9 Å². The lowest BCUT2D eigenvalue weighted by atomic mass is 9.98. The van der Waals surface area contributed by atoms with Crippen molar-refractivity contribution in [2.45, 2.75) is 44.3 Å². The summed E-state index contributed by atoms with van der Waals surface area (Å²) in [4.78, 5) is 6.84. The average molecular weight is 495 g/mol. The Hall–Kier alpha value is -3.24. The van der Waals surface area contributed by atoms with E-state index in [1.807, 2.05) is 10.6 Å². The number of aromatic nitrogens is 5. The molecule has 0 N–H and O–H groups in total. The molecule has 1 aliphatic heterocycles. The van der Waals surface area contributed by atoms with E-state index < -0.39 is 0 Å². The van der Waals surface area contributed by atoms with Crippen molar-refractivity contribution in [1.29, 1.82) is 0 Å². The van der Waals surface area contributed by atoms with Gasteiger partial charge in [0.2, 0.25) is 11.7 Å². The van der Waals surface area contributed by atoms with Crippen LogP contribution in [0.2, 0.25) is 0 Å². The molecule has 3 heterocycles. The molecule has 0 bridgehead atoms. The minimum atomic E-state index is -0.304. The first kappa shape index (κ1) is 22.2. The highest BCUT2D eigenvalue weighted by molar-refractivity contribution is 7.71. The average Bonchev–Trinajstić information content (AvgIpc) is 3.48. The highest BCUT2D eigenvalue weighted by Gasteiger charge is 2.31. The van der Waals surface area contributed by atoms with Crippen LogP contribution in [0, 0.1) is 16.4 Å². The number of piperidine rings is 1. The van der Waals surface area contributed by atoms with Crippen LogP contribution in [0.25, 0.3) is 22.8 Å². The number of benzene rings is 2. The highest BCUT2D eigenvalue weighted by atomic mass is 32.1. The molecule has 10 heteroatoms. The Morgan fingerprint density at radius 1 is 1.03 bits per heavy atom. The molecule has 0 radical (unpaired) electrons. The van der Waals surface area contributed by atoms with Gasteiger partial charge in [-0.3, -0.25) is 9.47 Å². The molecule has 1 saturated carbocycles. The lowest BCUT2D eigenvalue weighted by Crippen LogP contribution is -2.36. The summed E-state index contributed by atoms with van der Waals surface area (Å²) in [6.07, 6.45) is 3.96. The van der Waals surface area contributed by atoms with Crippen molar-refractivity contribution < 1.29 is 13.3 Å². The van der Waals surface area contributed by atoms with E-state index in [4.69, 9.17) is 21.8 Å². The van der Waals surface area contributed by atoms with E-state index in [-0.39, 0.29) is 23.6 Å². The molecule has 1 aliphatic carbocycles. The zero-order valence-corrected chi connectivity index (χ0v) is 19.8. The van der Waals surface area contributed by atoms with Crippen molar-refractivity contribution in [1.82, 2.24) is 29.4 Å². The fourth-order valence-electron chi connectivity index (χ4n) is 4.69. The summed E-state index contributed by atoms with van der Waals surface area (Å²) in [7, 11) is 0. The summed E-state index contributed by atoms with van der Waals surface area (Å²) >= 11 is 5.78. The Bertz CT molecular complexity index is 1410. The van der Waals surface area contributed by atoms with Crippen molar-refractivity contribution in [2.24, 2.45) is 0 Å². The SMILES string of the molecule is Fc1ccc(-c2noc(C3CCCN(Cn4nc(-c5ccccc5F)n(C5CC5)c4=S)C3)n2)cc1. The van der Waals surface area contributed by atoms with Gasteiger partial charge in [-0.1, -0.05) is 17.3 Å². The maximum Gasteiger partial charge on any atom is 0.231 e. The zero-order chi connectivity index (χ0) is 23.9. The van der Waals surface area contributed by atoms with Gasteiger partial charge in [-0.2, -0.15) is 10.1 Å². The van der Waals surface area contributed by atoms with Gasteiger partial charge < -0.3 is 4.52 Å². The molecule has 7 nitrogen and oxygen atoms in total. The Labute approximate surface area is 206 Å². The van der Waals surface area contributed by atoms with E-state index in [0.717, 1.165) is 38.8 Å². The van der Waals surface area contributed by atoms with Crippen LogP contribution in [-0.2, 0) is 6.67 Å².